The number of aliphatic hydroxyl groups excluding tert-OH is 1. The number of furan rings is 1. The van der Waals surface area contributed by atoms with Gasteiger partial charge in [0.2, 0.25) is 5.75 Å². The monoisotopic (exact) mass is 140 g/mol. The maximum absolute atomic E-state index is 10.2. The third-order valence-electron chi connectivity index (χ3n) is 1.38. The molecular weight excluding hydrogens is 136 g/mol. The molecule has 0 aliphatic carbocycles. The van der Waals surface area contributed by atoms with Crippen LogP contribution in [0.4, 0.5) is 0 Å². The smallest absolute Gasteiger partial charge is 0.336 e. The number of carbonyl (C=O) groups is 1. The van der Waals surface area contributed by atoms with Crippen LogP contribution in [-0.4, -0.2) is 11.4 Å². The number of fused-ring (bicyclic) bond motifs is 1. The van der Waals surface area contributed by atoms with Crippen molar-refractivity contribution in [3.63, 3.8) is 0 Å². The summed E-state index contributed by atoms with van der Waals surface area (Å²) in [5, 5.41) is 8.65. The molecular formula is C6H4O4. The van der Waals surface area contributed by atoms with Crippen LogP contribution in [0.1, 0.15) is 16.1 Å². The van der Waals surface area contributed by atoms with Crippen LogP contribution in [-0.2, 0) is 6.61 Å². The van der Waals surface area contributed by atoms with Gasteiger partial charge in [-0.25, -0.2) is 0 Å². The van der Waals surface area contributed by atoms with E-state index < -0.39 is 0 Å². The van der Waals surface area contributed by atoms with Gasteiger partial charge in [0.05, 0.1) is 12.2 Å². The molecule has 52 valence electrons. The van der Waals surface area contributed by atoms with Gasteiger partial charge in [0.15, 0.2) is 12.0 Å². The Bertz CT molecular complexity index is 286. The molecule has 0 aromatic carbocycles. The molecule has 10 heavy (non-hydrogen) atoms. The van der Waals surface area contributed by atoms with E-state index in [9.17, 15) is 4.79 Å². The summed E-state index contributed by atoms with van der Waals surface area (Å²) in [6.07, 6.45) is 0.557. The molecule has 1 aliphatic rings. The zero-order chi connectivity index (χ0) is 7.14. The summed E-state index contributed by atoms with van der Waals surface area (Å²) in [7, 11) is 0. The van der Waals surface area contributed by atoms with E-state index in [1.165, 1.54) is 0 Å². The fourth-order valence-electron chi connectivity index (χ4n) is 0.837. The summed E-state index contributed by atoms with van der Waals surface area (Å²) in [4.78, 5) is 10.2. The number of hydrogen-bond acceptors (Lipinski definition) is 4. The Morgan fingerprint density at radius 1 is 1.60 bits per heavy atom. The Labute approximate surface area is 56.0 Å². The number of carbonyl (C=O) groups excluding carboxylic acids is 1. The lowest BCUT2D eigenvalue weighted by molar-refractivity contribution is 0.109. The van der Waals surface area contributed by atoms with Gasteiger partial charge in [-0.05, 0) is 0 Å². The van der Waals surface area contributed by atoms with Crippen molar-refractivity contribution in [2.45, 2.75) is 6.61 Å². The van der Waals surface area contributed by atoms with E-state index in [1.54, 1.807) is 0 Å². The minimum absolute atomic E-state index is 0.166. The van der Waals surface area contributed by atoms with Crippen LogP contribution in [0.2, 0.25) is 0 Å². The molecule has 0 unspecified atom stereocenters. The summed E-state index contributed by atoms with van der Waals surface area (Å²) < 4.78 is 9.52. The van der Waals surface area contributed by atoms with Crippen LogP contribution in [0.25, 0.3) is 0 Å². The van der Waals surface area contributed by atoms with Gasteiger partial charge in [0, 0.05) is 0 Å². The van der Waals surface area contributed by atoms with Crippen LogP contribution in [0.3, 0.4) is 0 Å². The minimum atomic E-state index is -0.215. The number of aldehydes is 1. The highest BCUT2D eigenvalue weighted by Crippen LogP contribution is 2.51. The molecule has 0 fully saturated rings. The van der Waals surface area contributed by atoms with Gasteiger partial charge < -0.3 is 14.3 Å². The van der Waals surface area contributed by atoms with E-state index in [0.29, 0.717) is 23.5 Å². The highest BCUT2D eigenvalue weighted by atomic mass is 16.7. The molecule has 1 aliphatic heterocycles. The first-order valence-electron chi connectivity index (χ1n) is 2.76. The Balaban J connectivity index is 2.52. The van der Waals surface area contributed by atoms with Crippen molar-refractivity contribution in [3.8, 4) is 11.7 Å². The molecule has 0 bridgehead atoms. The van der Waals surface area contributed by atoms with Crippen molar-refractivity contribution in [1.82, 2.24) is 0 Å². The normalized spacial score (nSPS) is 12.1. The van der Waals surface area contributed by atoms with Gasteiger partial charge in [0.1, 0.15) is 0 Å². The molecule has 2 heterocycles. The zero-order valence-electron chi connectivity index (χ0n) is 4.96. The molecule has 0 amide bonds. The van der Waals surface area contributed by atoms with Gasteiger partial charge in [-0.1, -0.05) is 0 Å². The highest BCUT2D eigenvalue weighted by molar-refractivity contribution is 5.78. The first kappa shape index (κ1) is 5.49. The molecule has 0 saturated carbocycles. The third-order valence-corrected chi connectivity index (χ3v) is 1.38. The molecule has 0 spiro atoms. The lowest BCUT2D eigenvalue weighted by Gasteiger charge is -1.89. The lowest BCUT2D eigenvalue weighted by Crippen LogP contribution is -1.86. The minimum Gasteiger partial charge on any atom is -0.419 e. The summed E-state index contributed by atoms with van der Waals surface area (Å²) in [5.41, 5.74) is 0.449. The Hall–Kier alpha value is -1.29. The molecule has 0 saturated heterocycles. The first-order chi connectivity index (χ1) is 4.86. The largest absolute Gasteiger partial charge is 0.419 e. The van der Waals surface area contributed by atoms with E-state index in [2.05, 4.69) is 0 Å². The highest BCUT2D eigenvalue weighted by Gasteiger charge is 2.34. The summed E-state index contributed by atoms with van der Waals surface area (Å²) in [5.74, 6) is 1.04. The van der Waals surface area contributed by atoms with Gasteiger partial charge in [-0.15, -0.1) is 0 Å². The number of aliphatic hydroxyl groups is 1. The molecule has 0 radical (unpaired) electrons. The van der Waals surface area contributed by atoms with Crippen molar-refractivity contribution < 1.29 is 19.1 Å². The van der Waals surface area contributed by atoms with Crippen molar-refractivity contribution in [3.05, 3.63) is 11.3 Å². The maximum atomic E-state index is 10.2. The Kier molecular flexibility index (Phi) is 0.881. The van der Waals surface area contributed by atoms with Crippen LogP contribution in [0, 0.1) is 0 Å². The van der Waals surface area contributed by atoms with Crippen molar-refractivity contribution in [2.24, 2.45) is 0 Å². The van der Waals surface area contributed by atoms with Crippen molar-refractivity contribution in [1.29, 1.82) is 0 Å². The Morgan fingerprint density at radius 2 is 2.40 bits per heavy atom. The fourth-order valence-corrected chi connectivity index (χ4v) is 0.837. The molecule has 1 aromatic heterocycles. The predicted molar refractivity (Wildman–Crippen MR) is 30.1 cm³/mol. The van der Waals surface area contributed by atoms with E-state index >= 15 is 0 Å². The summed E-state index contributed by atoms with van der Waals surface area (Å²) >= 11 is 0. The molecule has 2 rings (SSSR count). The summed E-state index contributed by atoms with van der Waals surface area (Å²) in [6.45, 7) is -0.215. The van der Waals surface area contributed by atoms with Crippen LogP contribution in [0.15, 0.2) is 4.42 Å². The van der Waals surface area contributed by atoms with Gasteiger partial charge in [0.25, 0.3) is 0 Å². The number of rotatable bonds is 2. The first-order valence-corrected chi connectivity index (χ1v) is 2.76. The summed E-state index contributed by atoms with van der Waals surface area (Å²) in [6, 6.07) is 0. The zero-order valence-corrected chi connectivity index (χ0v) is 4.96. The second-order valence-electron chi connectivity index (χ2n) is 1.94. The third kappa shape index (κ3) is 0.510. The van der Waals surface area contributed by atoms with Crippen LogP contribution < -0.4 is 4.74 Å². The quantitative estimate of drug-likeness (QED) is 0.492. The molecule has 4 nitrogen and oxygen atoms in total. The van der Waals surface area contributed by atoms with Gasteiger partial charge >= 0.3 is 5.95 Å². The average molecular weight is 140 g/mol. The molecule has 4 heteroatoms. The van der Waals surface area contributed by atoms with Crippen molar-refractivity contribution in [2.75, 3.05) is 0 Å². The molecule has 0 atom stereocenters. The van der Waals surface area contributed by atoms with E-state index in [-0.39, 0.29) is 12.4 Å². The number of ether oxygens (including phenoxy) is 1. The predicted octanol–water partition coefficient (Wildman–Crippen LogP) is 0.690. The van der Waals surface area contributed by atoms with E-state index in [1.807, 2.05) is 0 Å². The van der Waals surface area contributed by atoms with Gasteiger partial charge in [-0.2, -0.15) is 0 Å². The molecule has 1 N–H and O–H groups in total. The standard InChI is InChI=1S/C6H4O4/c7-1-3-4(2-8)9-6-5(3)10-6/h2,7H,1H2. The SMILES string of the molecule is O=Cc1oc2c(c1CO)O2. The fraction of sp³-hybridized carbons (Fsp3) is 0.167. The van der Waals surface area contributed by atoms with Gasteiger partial charge in [-0.3, -0.25) is 4.79 Å². The second kappa shape index (κ2) is 1.60. The lowest BCUT2D eigenvalue weighted by atomic mass is 10.3. The number of hydrogen-bond donors (Lipinski definition) is 1. The van der Waals surface area contributed by atoms with Crippen LogP contribution >= 0.6 is 0 Å². The van der Waals surface area contributed by atoms with E-state index in [0.717, 1.165) is 0 Å². The average Bonchev–Trinajstić information content (AvgIpc) is 2.63. The van der Waals surface area contributed by atoms with Crippen molar-refractivity contribution >= 4 is 6.29 Å². The second-order valence-corrected chi connectivity index (χ2v) is 1.94. The maximum Gasteiger partial charge on any atom is 0.336 e. The van der Waals surface area contributed by atoms with Crippen LogP contribution in [0.5, 0.6) is 11.7 Å². The Morgan fingerprint density at radius 3 is 2.90 bits per heavy atom. The van der Waals surface area contributed by atoms with E-state index in [4.69, 9.17) is 14.3 Å². The topological polar surface area (TPSA) is 63.0 Å². The molecule has 1 aromatic rings.